The minimum Gasteiger partial charge on any atom is -0.445 e. The molecule has 5 nitrogen and oxygen atoms in total. The fourth-order valence-electron chi connectivity index (χ4n) is 4.82. The predicted octanol–water partition coefficient (Wildman–Crippen LogP) is 10.3. The van der Waals surface area contributed by atoms with E-state index in [-0.39, 0.29) is 11.7 Å². The first-order chi connectivity index (χ1) is 20.4. The largest absolute Gasteiger partial charge is 0.516 e. The molecule has 0 aliphatic carbocycles. The van der Waals surface area contributed by atoms with Gasteiger partial charge >= 0.3 is 12.1 Å². The average molecular weight is 589 g/mol. The number of esters is 1. The first kappa shape index (κ1) is 33.0. The number of hydrogen-bond acceptors (Lipinski definition) is 6. The molecule has 0 radical (unpaired) electrons. The van der Waals surface area contributed by atoms with Crippen molar-refractivity contribution < 1.29 is 23.8 Å². The summed E-state index contributed by atoms with van der Waals surface area (Å²) < 4.78 is 16.3. The Kier molecular flexibility index (Phi) is 14.2. The van der Waals surface area contributed by atoms with Crippen LogP contribution in [-0.4, -0.2) is 23.3 Å². The molecule has 0 aliphatic rings. The van der Waals surface area contributed by atoms with Gasteiger partial charge in [-0.1, -0.05) is 120 Å². The Labute approximate surface area is 256 Å². The quantitative estimate of drug-likeness (QED) is 0.0718. The highest BCUT2D eigenvalue weighted by Crippen LogP contribution is 2.33. The van der Waals surface area contributed by atoms with Crippen LogP contribution in [0.4, 0.5) is 4.79 Å². The van der Waals surface area contributed by atoms with Crippen LogP contribution in [0.5, 0.6) is 5.75 Å². The summed E-state index contributed by atoms with van der Waals surface area (Å²) in [6.45, 7) is 6.01. The molecule has 3 rings (SSSR count). The van der Waals surface area contributed by atoms with Gasteiger partial charge in [-0.05, 0) is 67.7 Å². The summed E-state index contributed by atoms with van der Waals surface area (Å²) in [5.74, 6) is -0.0811. The van der Waals surface area contributed by atoms with Crippen molar-refractivity contribution in [3.63, 3.8) is 0 Å². The van der Waals surface area contributed by atoms with Gasteiger partial charge in [-0.2, -0.15) is 0 Å². The summed E-state index contributed by atoms with van der Waals surface area (Å²) in [6, 6.07) is 22.8. The monoisotopic (exact) mass is 588 g/mol. The van der Waals surface area contributed by atoms with Crippen LogP contribution in [0.3, 0.4) is 0 Å². The van der Waals surface area contributed by atoms with Crippen molar-refractivity contribution in [1.82, 2.24) is 0 Å². The smallest absolute Gasteiger partial charge is 0.445 e. The summed E-state index contributed by atoms with van der Waals surface area (Å²) in [4.78, 5) is 24.5. The molecule has 0 fully saturated rings. The maximum atomic E-state index is 12.5. The van der Waals surface area contributed by atoms with Crippen molar-refractivity contribution in [3.05, 3.63) is 89.5 Å². The molecule has 3 aromatic rings. The summed E-state index contributed by atoms with van der Waals surface area (Å²) >= 11 is 5.63. The highest BCUT2D eigenvalue weighted by Gasteiger charge is 2.18. The van der Waals surface area contributed by atoms with Crippen molar-refractivity contribution in [2.45, 2.75) is 97.5 Å². The van der Waals surface area contributed by atoms with Gasteiger partial charge in [-0.25, -0.2) is 9.59 Å². The average Bonchev–Trinajstić information content (AvgIpc) is 2.99. The topological polar surface area (TPSA) is 61.8 Å². The summed E-state index contributed by atoms with van der Waals surface area (Å²) in [5.41, 5.74) is 4.01. The van der Waals surface area contributed by atoms with Crippen LogP contribution in [0.25, 0.3) is 11.1 Å². The Bertz CT molecular complexity index is 1270. The van der Waals surface area contributed by atoms with Gasteiger partial charge in [0.1, 0.15) is 11.9 Å². The van der Waals surface area contributed by atoms with Crippen LogP contribution in [0, 0.1) is 0 Å². The zero-order valence-corrected chi connectivity index (χ0v) is 26.0. The van der Waals surface area contributed by atoms with Crippen LogP contribution in [0.1, 0.15) is 106 Å². The maximum absolute atomic E-state index is 12.5. The lowest BCUT2D eigenvalue weighted by atomic mass is 9.98. The van der Waals surface area contributed by atoms with Gasteiger partial charge in [0.2, 0.25) is 0 Å². The number of aryl methyl sites for hydroxylation is 1. The number of hydrogen-bond donors (Lipinski definition) is 0. The van der Waals surface area contributed by atoms with Gasteiger partial charge in [-0.3, -0.25) is 0 Å². The normalized spacial score (nSPS) is 11.5. The van der Waals surface area contributed by atoms with E-state index in [1.807, 2.05) is 55.5 Å². The van der Waals surface area contributed by atoms with Crippen LogP contribution in [-0.2, 0) is 15.9 Å². The SMILES string of the molecule is CCCCCCCCCCc1ccc(-c2ccc(C(=O)OC(=O)OC(C)CCC)cc2)c(OC(=S)c2ccccc2)c1. The van der Waals surface area contributed by atoms with Crippen LogP contribution < -0.4 is 4.74 Å². The van der Waals surface area contributed by atoms with E-state index >= 15 is 0 Å². The molecule has 0 heterocycles. The fourth-order valence-corrected chi connectivity index (χ4v) is 5.04. The lowest BCUT2D eigenvalue weighted by Gasteiger charge is -2.15. The molecule has 42 heavy (non-hydrogen) atoms. The standard InChI is InChI=1S/C36H44O5S/c1-4-6-7-8-9-10-11-13-17-28-20-25-32(33(26-28)40-35(42)31-18-14-12-15-19-31)29-21-23-30(24-22-29)34(37)41-36(38)39-27(3)16-5-2/h12,14-15,18-27H,4-11,13,16-17H2,1-3H3. The number of unbranched alkanes of at least 4 members (excludes halogenated alkanes) is 7. The van der Waals surface area contributed by atoms with E-state index in [2.05, 4.69) is 19.1 Å². The number of benzene rings is 3. The van der Waals surface area contributed by atoms with Gasteiger partial charge in [0.05, 0.1) is 5.56 Å². The Morgan fingerprint density at radius 2 is 1.43 bits per heavy atom. The number of carbonyl (C=O) groups is 2. The highest BCUT2D eigenvalue weighted by atomic mass is 32.1. The highest BCUT2D eigenvalue weighted by molar-refractivity contribution is 7.80. The van der Waals surface area contributed by atoms with Gasteiger partial charge in [-0.15, -0.1) is 0 Å². The number of carbonyl (C=O) groups excluding carboxylic acids is 2. The van der Waals surface area contributed by atoms with Crippen LogP contribution >= 0.6 is 12.2 Å². The molecule has 0 bridgehead atoms. The van der Waals surface area contributed by atoms with Gasteiger partial charge < -0.3 is 14.2 Å². The van der Waals surface area contributed by atoms with Crippen molar-refractivity contribution in [2.75, 3.05) is 0 Å². The Morgan fingerprint density at radius 3 is 2.10 bits per heavy atom. The fraction of sp³-hybridized carbons (Fsp3) is 0.417. The molecular weight excluding hydrogens is 544 g/mol. The number of thiocarbonyl (C=S) groups is 1. The van der Waals surface area contributed by atoms with Crippen molar-refractivity contribution in [2.24, 2.45) is 0 Å². The molecular formula is C36H44O5S. The second kappa shape index (κ2) is 18.1. The minimum atomic E-state index is -0.984. The summed E-state index contributed by atoms with van der Waals surface area (Å²) in [7, 11) is 0. The molecule has 0 amide bonds. The van der Waals surface area contributed by atoms with Gasteiger partial charge in [0, 0.05) is 11.1 Å². The van der Waals surface area contributed by atoms with E-state index in [4.69, 9.17) is 26.4 Å². The van der Waals surface area contributed by atoms with Crippen molar-refractivity contribution in [1.29, 1.82) is 0 Å². The predicted molar refractivity (Wildman–Crippen MR) is 173 cm³/mol. The molecule has 1 unspecified atom stereocenters. The first-order valence-electron chi connectivity index (χ1n) is 15.3. The van der Waals surface area contributed by atoms with E-state index in [1.165, 1.54) is 50.5 Å². The lowest BCUT2D eigenvalue weighted by molar-refractivity contribution is 0.0235. The zero-order chi connectivity index (χ0) is 30.2. The third-order valence-electron chi connectivity index (χ3n) is 7.18. The van der Waals surface area contributed by atoms with Gasteiger partial charge in [0.25, 0.3) is 0 Å². The third-order valence-corrected chi connectivity index (χ3v) is 7.50. The van der Waals surface area contributed by atoms with E-state index in [0.29, 0.717) is 17.2 Å². The molecule has 0 N–H and O–H groups in total. The minimum absolute atomic E-state index is 0.257. The molecule has 0 saturated carbocycles. The van der Waals surface area contributed by atoms with E-state index < -0.39 is 12.1 Å². The molecule has 3 aromatic carbocycles. The molecule has 0 aliphatic heterocycles. The Balaban J connectivity index is 1.70. The molecule has 224 valence electrons. The molecule has 0 spiro atoms. The van der Waals surface area contributed by atoms with Crippen LogP contribution in [0.2, 0.25) is 0 Å². The van der Waals surface area contributed by atoms with Crippen molar-refractivity contribution >= 4 is 29.4 Å². The molecule has 0 aromatic heterocycles. The molecule has 6 heteroatoms. The first-order valence-corrected chi connectivity index (χ1v) is 15.8. The van der Waals surface area contributed by atoms with Crippen LogP contribution in [0.15, 0.2) is 72.8 Å². The number of rotatable bonds is 16. The summed E-state index contributed by atoms with van der Waals surface area (Å²) in [5, 5.41) is 0.400. The molecule has 1 atom stereocenters. The van der Waals surface area contributed by atoms with E-state index in [9.17, 15) is 9.59 Å². The Hall–Kier alpha value is -3.51. The molecule has 0 saturated heterocycles. The van der Waals surface area contributed by atoms with E-state index in [1.54, 1.807) is 19.1 Å². The van der Waals surface area contributed by atoms with Gasteiger partial charge in [0.15, 0.2) is 5.05 Å². The lowest BCUT2D eigenvalue weighted by Crippen LogP contribution is -2.19. The number of ether oxygens (including phenoxy) is 3. The zero-order valence-electron chi connectivity index (χ0n) is 25.2. The third kappa shape index (κ3) is 11.1. The Morgan fingerprint density at radius 1 is 0.762 bits per heavy atom. The van der Waals surface area contributed by atoms with E-state index in [0.717, 1.165) is 36.0 Å². The maximum Gasteiger partial charge on any atom is 0.516 e. The second-order valence-corrected chi connectivity index (χ2v) is 11.1. The summed E-state index contributed by atoms with van der Waals surface area (Å²) in [6.07, 6.45) is 11.5. The second-order valence-electron chi connectivity index (χ2n) is 10.7. The van der Waals surface area contributed by atoms with Crippen molar-refractivity contribution in [3.8, 4) is 16.9 Å².